The van der Waals surface area contributed by atoms with E-state index in [2.05, 4.69) is 10.3 Å². The van der Waals surface area contributed by atoms with Crippen LogP contribution in [0.5, 0.6) is 17.2 Å². The number of rotatable bonds is 4. The molecule has 0 bridgehead atoms. The maximum atomic E-state index is 12.6. The number of Topliss-reactive ketones (excluding diaryl/α,β-unsaturated/α-hetero) is 1. The van der Waals surface area contributed by atoms with Gasteiger partial charge in [-0.3, -0.25) is 14.4 Å². The molecule has 142 valence electrons. The van der Waals surface area contributed by atoms with E-state index in [9.17, 15) is 19.5 Å². The molecule has 9 heteroatoms. The van der Waals surface area contributed by atoms with Gasteiger partial charge in [0.15, 0.2) is 22.7 Å². The molecule has 0 saturated heterocycles. The predicted octanol–water partition coefficient (Wildman–Crippen LogP) is 2.07. The average Bonchev–Trinajstić information content (AvgIpc) is 2.66. The van der Waals surface area contributed by atoms with Crippen LogP contribution in [-0.4, -0.2) is 33.0 Å². The van der Waals surface area contributed by atoms with Crippen LogP contribution in [0, 0.1) is 0 Å². The number of para-hydroxylation sites is 1. The highest BCUT2D eigenvalue weighted by molar-refractivity contribution is 6.08. The zero-order valence-electron chi connectivity index (χ0n) is 14.4. The smallest absolute Gasteiger partial charge is 0.320 e. The number of fused-ring (bicyclic) bond motifs is 4. The minimum Gasteiger partial charge on any atom is -0.506 e. The number of benzene rings is 2. The molecule has 0 spiro atoms. The molecule has 1 aromatic heterocycles. The fourth-order valence-corrected chi connectivity index (χ4v) is 3.14. The Morgan fingerprint density at radius 3 is 2.71 bits per heavy atom. The first kappa shape index (κ1) is 17.6. The molecule has 6 N–H and O–H groups in total. The third-order valence-electron chi connectivity index (χ3n) is 4.50. The van der Waals surface area contributed by atoms with Gasteiger partial charge in [0.25, 0.3) is 0 Å². The van der Waals surface area contributed by atoms with Gasteiger partial charge in [-0.2, -0.15) is 0 Å². The monoisotopic (exact) mass is 381 g/mol. The SMILES string of the molecule is NC(CC(=O)c1cccc2c1Nc1c(cc(O)c3[nH]ccc(=O)c13)O2)C(=O)O. The zero-order valence-corrected chi connectivity index (χ0v) is 14.4. The number of carbonyl (C=O) groups excluding carboxylic acids is 1. The fourth-order valence-electron chi connectivity index (χ4n) is 3.14. The summed E-state index contributed by atoms with van der Waals surface area (Å²) in [6.07, 6.45) is 1.02. The van der Waals surface area contributed by atoms with E-state index < -0.39 is 24.2 Å². The van der Waals surface area contributed by atoms with Crippen LogP contribution in [0.3, 0.4) is 0 Å². The predicted molar refractivity (Wildman–Crippen MR) is 101 cm³/mol. The van der Waals surface area contributed by atoms with E-state index >= 15 is 0 Å². The number of carboxylic acids is 1. The molecule has 0 fully saturated rings. The third kappa shape index (κ3) is 2.74. The highest BCUT2D eigenvalue weighted by Gasteiger charge is 2.27. The van der Waals surface area contributed by atoms with Crippen LogP contribution in [0.25, 0.3) is 10.9 Å². The first-order chi connectivity index (χ1) is 13.4. The Bertz CT molecular complexity index is 1200. The number of nitrogens with two attached hydrogens (primary N) is 1. The summed E-state index contributed by atoms with van der Waals surface area (Å²) in [5, 5.41) is 22.3. The quantitative estimate of drug-likeness (QED) is 0.266. The summed E-state index contributed by atoms with van der Waals surface area (Å²) < 4.78 is 5.79. The normalized spacial score (nSPS) is 13.0. The van der Waals surface area contributed by atoms with E-state index in [0.717, 1.165) is 0 Å². The molecule has 1 atom stereocenters. The van der Waals surface area contributed by atoms with E-state index in [0.29, 0.717) is 17.1 Å². The van der Waals surface area contributed by atoms with Gasteiger partial charge in [-0.25, -0.2) is 0 Å². The van der Waals surface area contributed by atoms with Crippen LogP contribution < -0.4 is 21.2 Å². The third-order valence-corrected chi connectivity index (χ3v) is 4.50. The molecule has 28 heavy (non-hydrogen) atoms. The van der Waals surface area contributed by atoms with Gasteiger partial charge in [0.1, 0.15) is 11.8 Å². The van der Waals surface area contributed by atoms with Crippen LogP contribution in [-0.2, 0) is 4.79 Å². The van der Waals surface area contributed by atoms with Crippen molar-refractivity contribution >= 4 is 34.0 Å². The number of H-pyrrole nitrogens is 1. The Labute approximate surface area is 157 Å². The van der Waals surface area contributed by atoms with Crippen LogP contribution in [0.2, 0.25) is 0 Å². The van der Waals surface area contributed by atoms with Gasteiger partial charge in [0, 0.05) is 30.3 Å². The minimum absolute atomic E-state index is 0.156. The Kier molecular flexibility index (Phi) is 4.01. The lowest BCUT2D eigenvalue weighted by Gasteiger charge is -2.25. The van der Waals surface area contributed by atoms with Crippen LogP contribution in [0.15, 0.2) is 41.3 Å². The number of carbonyl (C=O) groups is 2. The van der Waals surface area contributed by atoms with E-state index in [1.807, 2.05) is 0 Å². The molecule has 1 aliphatic rings. The molecular formula is C19H15N3O6. The lowest BCUT2D eigenvalue weighted by atomic mass is 10.00. The largest absolute Gasteiger partial charge is 0.506 e. The van der Waals surface area contributed by atoms with Crippen molar-refractivity contribution in [3.63, 3.8) is 0 Å². The molecule has 1 aliphatic heterocycles. The molecule has 1 unspecified atom stereocenters. The number of aromatic hydroxyl groups is 1. The summed E-state index contributed by atoms with van der Waals surface area (Å²) in [6.45, 7) is 0. The first-order valence-corrected chi connectivity index (χ1v) is 8.33. The number of ketones is 1. The van der Waals surface area contributed by atoms with E-state index in [-0.39, 0.29) is 33.4 Å². The minimum atomic E-state index is -1.33. The van der Waals surface area contributed by atoms with Crippen LogP contribution >= 0.6 is 0 Å². The van der Waals surface area contributed by atoms with Crippen LogP contribution in [0.1, 0.15) is 16.8 Å². The van der Waals surface area contributed by atoms with Gasteiger partial charge >= 0.3 is 5.97 Å². The Morgan fingerprint density at radius 2 is 1.96 bits per heavy atom. The number of nitrogens with one attached hydrogen (secondary N) is 2. The van der Waals surface area contributed by atoms with Gasteiger partial charge in [-0.05, 0) is 12.1 Å². The number of ether oxygens (including phenoxy) is 1. The molecule has 2 heterocycles. The van der Waals surface area contributed by atoms with Crippen molar-refractivity contribution < 1.29 is 24.5 Å². The second-order valence-corrected chi connectivity index (χ2v) is 6.34. The Balaban J connectivity index is 1.84. The standard InChI is InChI=1S/C19H15N3O6/c20-9(19(26)27)6-11(24)8-2-1-3-13-16(8)22-18-14(28-13)7-12(25)17-15(18)10(23)4-5-21-17/h1-5,7,9,22,25H,6,20H2,(H,21,23)(H,26,27). The van der Waals surface area contributed by atoms with Gasteiger partial charge < -0.3 is 31.0 Å². The number of hydrogen-bond donors (Lipinski definition) is 5. The number of carboxylic acid groups (broad SMARTS) is 1. The summed E-state index contributed by atoms with van der Waals surface area (Å²) in [7, 11) is 0. The topological polar surface area (TPSA) is 155 Å². The highest BCUT2D eigenvalue weighted by atomic mass is 16.5. The first-order valence-electron chi connectivity index (χ1n) is 8.33. The average molecular weight is 381 g/mol. The lowest BCUT2D eigenvalue weighted by molar-refractivity contribution is -0.138. The molecule has 2 aromatic carbocycles. The number of phenols is 1. The van der Waals surface area contributed by atoms with Gasteiger partial charge in [0.2, 0.25) is 0 Å². The maximum Gasteiger partial charge on any atom is 0.320 e. The number of anilines is 2. The number of aromatic amines is 1. The number of pyridine rings is 1. The zero-order chi connectivity index (χ0) is 20.0. The number of hydrogen-bond acceptors (Lipinski definition) is 7. The van der Waals surface area contributed by atoms with Gasteiger partial charge in [0.05, 0.1) is 22.3 Å². The Hall–Kier alpha value is -3.85. The molecule has 0 radical (unpaired) electrons. The molecule has 0 saturated carbocycles. The summed E-state index contributed by atoms with van der Waals surface area (Å²) in [5.41, 5.74) is 6.13. The molecule has 3 aromatic rings. The lowest BCUT2D eigenvalue weighted by Crippen LogP contribution is -2.32. The molecule has 0 amide bonds. The van der Waals surface area contributed by atoms with E-state index in [1.165, 1.54) is 24.4 Å². The maximum absolute atomic E-state index is 12.6. The van der Waals surface area contributed by atoms with Crippen LogP contribution in [0.4, 0.5) is 11.4 Å². The van der Waals surface area contributed by atoms with Crippen molar-refractivity contribution in [3.8, 4) is 17.2 Å². The second-order valence-electron chi connectivity index (χ2n) is 6.34. The highest BCUT2D eigenvalue weighted by Crippen LogP contribution is 2.47. The van der Waals surface area contributed by atoms with Gasteiger partial charge in [-0.15, -0.1) is 0 Å². The second kappa shape index (κ2) is 6.39. The van der Waals surface area contributed by atoms with E-state index in [1.54, 1.807) is 12.1 Å². The summed E-state index contributed by atoms with van der Waals surface area (Å²) in [6, 6.07) is 6.04. The van der Waals surface area contributed by atoms with E-state index in [4.69, 9.17) is 15.6 Å². The summed E-state index contributed by atoms with van der Waals surface area (Å²) in [4.78, 5) is 38.7. The molecule has 9 nitrogen and oxygen atoms in total. The van der Waals surface area contributed by atoms with Gasteiger partial charge in [-0.1, -0.05) is 6.07 Å². The van der Waals surface area contributed by atoms with Crippen molar-refractivity contribution in [1.82, 2.24) is 4.98 Å². The van der Waals surface area contributed by atoms with Crippen molar-refractivity contribution in [2.45, 2.75) is 12.5 Å². The fraction of sp³-hybridized carbons (Fsp3) is 0.105. The van der Waals surface area contributed by atoms with Crippen molar-refractivity contribution in [2.75, 3.05) is 5.32 Å². The van der Waals surface area contributed by atoms with Crippen molar-refractivity contribution in [1.29, 1.82) is 0 Å². The molecule has 0 aliphatic carbocycles. The Morgan fingerprint density at radius 1 is 1.18 bits per heavy atom. The molecular weight excluding hydrogens is 366 g/mol. The number of aliphatic carboxylic acids is 1. The summed E-state index contributed by atoms with van der Waals surface area (Å²) >= 11 is 0. The van der Waals surface area contributed by atoms with Crippen molar-refractivity contribution in [2.24, 2.45) is 5.73 Å². The number of aromatic nitrogens is 1. The summed E-state index contributed by atoms with van der Waals surface area (Å²) in [5.74, 6) is -1.39. The molecule has 4 rings (SSSR count). The number of phenolic OH excluding ortho intramolecular Hbond substituents is 1. The van der Waals surface area contributed by atoms with Crippen molar-refractivity contribution in [3.05, 3.63) is 52.3 Å².